The molecule has 2 rings (SSSR count). The van der Waals surface area contributed by atoms with E-state index in [1.54, 1.807) is 4.57 Å². The Bertz CT molecular complexity index is 393. The number of aromatic hydroxyl groups is 1. The zero-order chi connectivity index (χ0) is 9.42. The van der Waals surface area contributed by atoms with E-state index in [4.69, 9.17) is 0 Å². The van der Waals surface area contributed by atoms with E-state index in [0.29, 0.717) is 23.7 Å². The van der Waals surface area contributed by atoms with Gasteiger partial charge in [0.2, 0.25) is 5.88 Å². The summed E-state index contributed by atoms with van der Waals surface area (Å²) in [6.07, 6.45) is 0.530. The minimum Gasteiger partial charge on any atom is -0.493 e. The van der Waals surface area contributed by atoms with Gasteiger partial charge in [0.15, 0.2) is 5.16 Å². The van der Waals surface area contributed by atoms with Gasteiger partial charge in [0.25, 0.3) is 5.56 Å². The lowest BCUT2D eigenvalue weighted by Gasteiger charge is -2.04. The highest BCUT2D eigenvalue weighted by Crippen LogP contribution is 2.24. The van der Waals surface area contributed by atoms with Gasteiger partial charge in [0.1, 0.15) is 0 Å². The lowest BCUT2D eigenvalue weighted by Crippen LogP contribution is -2.23. The quantitative estimate of drug-likeness (QED) is 0.672. The van der Waals surface area contributed by atoms with Crippen LogP contribution in [0.4, 0.5) is 0 Å². The number of hydrogen-bond acceptors (Lipinski definition) is 4. The predicted octanol–water partition coefficient (Wildman–Crippen LogP) is 0.617. The first-order valence-electron chi connectivity index (χ1n) is 4.19. The molecule has 0 radical (unpaired) electrons. The van der Waals surface area contributed by atoms with Crippen molar-refractivity contribution < 1.29 is 5.11 Å². The van der Waals surface area contributed by atoms with Gasteiger partial charge in [-0.2, -0.15) is 4.98 Å². The van der Waals surface area contributed by atoms with Crippen LogP contribution >= 0.6 is 11.8 Å². The second kappa shape index (κ2) is 3.06. The van der Waals surface area contributed by atoms with Gasteiger partial charge in [-0.3, -0.25) is 9.36 Å². The summed E-state index contributed by atoms with van der Waals surface area (Å²) in [4.78, 5) is 15.6. The summed E-state index contributed by atoms with van der Waals surface area (Å²) < 4.78 is 1.63. The number of rotatable bonds is 1. The van der Waals surface area contributed by atoms with E-state index in [1.165, 1.54) is 11.8 Å². The fraction of sp³-hybridized carbons (Fsp3) is 0.500. The van der Waals surface area contributed by atoms with E-state index in [1.807, 2.05) is 6.92 Å². The Balaban J connectivity index is 2.70. The smallest absolute Gasteiger partial charge is 0.261 e. The fourth-order valence-electron chi connectivity index (χ4n) is 1.41. The Hall–Kier alpha value is -0.970. The van der Waals surface area contributed by atoms with E-state index in [9.17, 15) is 9.90 Å². The largest absolute Gasteiger partial charge is 0.493 e. The summed E-state index contributed by atoms with van der Waals surface area (Å²) in [5, 5.41) is 10.1. The second-order valence-electron chi connectivity index (χ2n) is 2.86. The molecule has 1 aromatic heterocycles. The highest BCUT2D eigenvalue weighted by molar-refractivity contribution is 7.99. The molecule has 0 saturated heterocycles. The maximum Gasteiger partial charge on any atom is 0.261 e. The summed E-state index contributed by atoms with van der Waals surface area (Å²) in [6, 6.07) is 0. The van der Waals surface area contributed by atoms with Crippen LogP contribution in [-0.2, 0) is 13.0 Å². The third-order valence-electron chi connectivity index (χ3n) is 2.11. The van der Waals surface area contributed by atoms with Crippen molar-refractivity contribution in [2.24, 2.45) is 0 Å². The average molecular weight is 198 g/mol. The predicted molar refractivity (Wildman–Crippen MR) is 50.3 cm³/mol. The number of hydrogen-bond donors (Lipinski definition) is 1. The standard InChI is InChI=1S/C8H10N2O2S/c1-2-5-6(11)9-8-10(7(5)12)3-4-13-8/h11H,2-4H2,1H3. The molecule has 0 aromatic carbocycles. The molecule has 0 saturated carbocycles. The molecular weight excluding hydrogens is 188 g/mol. The highest BCUT2D eigenvalue weighted by atomic mass is 32.2. The Kier molecular flexibility index (Phi) is 2.03. The molecule has 0 fully saturated rings. The highest BCUT2D eigenvalue weighted by Gasteiger charge is 2.18. The molecule has 70 valence electrons. The van der Waals surface area contributed by atoms with Crippen LogP contribution in [0.15, 0.2) is 9.95 Å². The number of fused-ring (bicyclic) bond motifs is 1. The average Bonchev–Trinajstić information content (AvgIpc) is 2.53. The van der Waals surface area contributed by atoms with Crippen molar-refractivity contribution in [1.29, 1.82) is 0 Å². The van der Waals surface area contributed by atoms with Crippen molar-refractivity contribution >= 4 is 11.8 Å². The van der Waals surface area contributed by atoms with Crippen molar-refractivity contribution in [3.63, 3.8) is 0 Å². The van der Waals surface area contributed by atoms with Gasteiger partial charge >= 0.3 is 0 Å². The monoisotopic (exact) mass is 198 g/mol. The molecule has 13 heavy (non-hydrogen) atoms. The van der Waals surface area contributed by atoms with Crippen molar-refractivity contribution in [3.8, 4) is 5.88 Å². The molecule has 0 atom stereocenters. The van der Waals surface area contributed by atoms with E-state index in [2.05, 4.69) is 4.98 Å². The molecule has 0 amide bonds. The van der Waals surface area contributed by atoms with E-state index in [0.717, 1.165) is 5.75 Å². The number of thioether (sulfide) groups is 1. The topological polar surface area (TPSA) is 55.1 Å². The first-order valence-corrected chi connectivity index (χ1v) is 5.18. The first-order chi connectivity index (χ1) is 6.24. The summed E-state index contributed by atoms with van der Waals surface area (Å²) in [7, 11) is 0. The molecule has 4 nitrogen and oxygen atoms in total. The van der Waals surface area contributed by atoms with Crippen LogP contribution in [0.25, 0.3) is 0 Å². The molecule has 1 N–H and O–H groups in total. The van der Waals surface area contributed by atoms with Gasteiger partial charge in [-0.15, -0.1) is 0 Å². The van der Waals surface area contributed by atoms with Crippen molar-refractivity contribution in [2.45, 2.75) is 25.0 Å². The van der Waals surface area contributed by atoms with Crippen molar-refractivity contribution in [1.82, 2.24) is 9.55 Å². The summed E-state index contributed by atoms with van der Waals surface area (Å²) in [6.45, 7) is 2.55. The third-order valence-corrected chi connectivity index (χ3v) is 3.06. The second-order valence-corrected chi connectivity index (χ2v) is 3.92. The molecule has 5 heteroatoms. The van der Waals surface area contributed by atoms with Crippen LogP contribution in [0, 0.1) is 0 Å². The maximum absolute atomic E-state index is 11.7. The molecule has 1 aliphatic rings. The number of aromatic nitrogens is 2. The van der Waals surface area contributed by atoms with Gasteiger partial charge < -0.3 is 5.11 Å². The van der Waals surface area contributed by atoms with Gasteiger partial charge in [0.05, 0.1) is 5.56 Å². The minimum atomic E-state index is -0.104. The zero-order valence-electron chi connectivity index (χ0n) is 7.28. The summed E-state index contributed by atoms with van der Waals surface area (Å²) in [5.74, 6) is 0.766. The van der Waals surface area contributed by atoms with E-state index >= 15 is 0 Å². The Morgan fingerprint density at radius 2 is 2.46 bits per heavy atom. The molecule has 0 spiro atoms. The number of nitrogens with zero attached hydrogens (tertiary/aromatic N) is 2. The van der Waals surface area contributed by atoms with Crippen LogP contribution < -0.4 is 5.56 Å². The first kappa shape index (κ1) is 8.62. The van der Waals surface area contributed by atoms with Crippen molar-refractivity contribution in [2.75, 3.05) is 5.75 Å². The fourth-order valence-corrected chi connectivity index (χ4v) is 2.35. The van der Waals surface area contributed by atoms with Crippen LogP contribution in [-0.4, -0.2) is 20.4 Å². The third kappa shape index (κ3) is 1.23. The normalized spacial score (nSPS) is 14.5. The van der Waals surface area contributed by atoms with Crippen LogP contribution in [0.2, 0.25) is 0 Å². The lowest BCUT2D eigenvalue weighted by atomic mass is 10.2. The Morgan fingerprint density at radius 3 is 3.15 bits per heavy atom. The summed E-state index contributed by atoms with van der Waals surface area (Å²) >= 11 is 1.51. The minimum absolute atomic E-state index is 0.0880. The van der Waals surface area contributed by atoms with Gasteiger partial charge in [-0.25, -0.2) is 0 Å². The zero-order valence-corrected chi connectivity index (χ0v) is 8.10. The molecule has 0 unspecified atom stereocenters. The SMILES string of the molecule is CCc1c(O)nc2n(c1=O)CCS2. The van der Waals surface area contributed by atoms with Crippen LogP contribution in [0.5, 0.6) is 5.88 Å². The molecular formula is C8H10N2O2S. The maximum atomic E-state index is 11.7. The Labute approximate surface area is 79.6 Å². The summed E-state index contributed by atoms with van der Waals surface area (Å²) in [5.41, 5.74) is 0.334. The van der Waals surface area contributed by atoms with Crippen molar-refractivity contribution in [3.05, 3.63) is 15.9 Å². The molecule has 2 heterocycles. The molecule has 0 bridgehead atoms. The van der Waals surface area contributed by atoms with E-state index in [-0.39, 0.29) is 11.4 Å². The van der Waals surface area contributed by atoms with Gasteiger partial charge in [0, 0.05) is 12.3 Å². The molecule has 1 aromatic rings. The Morgan fingerprint density at radius 1 is 1.69 bits per heavy atom. The van der Waals surface area contributed by atoms with Crippen LogP contribution in [0.3, 0.4) is 0 Å². The van der Waals surface area contributed by atoms with Gasteiger partial charge in [-0.1, -0.05) is 18.7 Å². The van der Waals surface area contributed by atoms with E-state index < -0.39 is 0 Å². The molecule has 0 aliphatic carbocycles. The van der Waals surface area contributed by atoms with Crippen LogP contribution in [0.1, 0.15) is 12.5 Å². The van der Waals surface area contributed by atoms with Gasteiger partial charge in [-0.05, 0) is 6.42 Å². The molecule has 1 aliphatic heterocycles. The lowest BCUT2D eigenvalue weighted by molar-refractivity contribution is 0.428.